The molecule has 0 aliphatic heterocycles. The second-order valence-corrected chi connectivity index (χ2v) is 5.02. The van der Waals surface area contributed by atoms with E-state index < -0.39 is 0 Å². The SMILES string of the molecule is Cc1ccccc1OCCNCCCOc1ccc(F)cc1.Cl. The summed E-state index contributed by atoms with van der Waals surface area (Å²) in [5.74, 6) is 1.39. The first-order valence-electron chi connectivity index (χ1n) is 7.53. The van der Waals surface area contributed by atoms with Gasteiger partial charge >= 0.3 is 0 Å². The lowest BCUT2D eigenvalue weighted by molar-refractivity contribution is 0.293. The number of hydrogen-bond donors (Lipinski definition) is 1. The maximum atomic E-state index is 12.7. The summed E-state index contributed by atoms with van der Waals surface area (Å²) in [7, 11) is 0. The fourth-order valence-corrected chi connectivity index (χ4v) is 1.99. The minimum atomic E-state index is -0.248. The molecular weight excluding hydrogens is 317 g/mol. The van der Waals surface area contributed by atoms with E-state index in [0.29, 0.717) is 19.0 Å². The van der Waals surface area contributed by atoms with Crippen molar-refractivity contribution in [1.82, 2.24) is 5.32 Å². The monoisotopic (exact) mass is 339 g/mol. The Bertz CT molecular complexity index is 563. The maximum Gasteiger partial charge on any atom is 0.123 e. The van der Waals surface area contributed by atoms with Gasteiger partial charge in [-0.1, -0.05) is 18.2 Å². The van der Waals surface area contributed by atoms with Crippen LogP contribution in [0, 0.1) is 12.7 Å². The first-order chi connectivity index (χ1) is 10.8. The van der Waals surface area contributed by atoms with Crippen LogP contribution in [0.4, 0.5) is 4.39 Å². The lowest BCUT2D eigenvalue weighted by Gasteiger charge is -2.10. The molecule has 2 rings (SSSR count). The van der Waals surface area contributed by atoms with E-state index in [2.05, 4.69) is 5.32 Å². The van der Waals surface area contributed by atoms with Crippen molar-refractivity contribution in [1.29, 1.82) is 0 Å². The molecule has 0 saturated heterocycles. The Morgan fingerprint density at radius 2 is 1.65 bits per heavy atom. The Kier molecular flexibility index (Phi) is 9.10. The van der Waals surface area contributed by atoms with Crippen molar-refractivity contribution in [2.45, 2.75) is 13.3 Å². The minimum absolute atomic E-state index is 0. The summed E-state index contributed by atoms with van der Waals surface area (Å²) >= 11 is 0. The third-order valence-electron chi connectivity index (χ3n) is 3.21. The van der Waals surface area contributed by atoms with Crippen molar-refractivity contribution in [3.05, 3.63) is 59.9 Å². The lowest BCUT2D eigenvalue weighted by Crippen LogP contribution is -2.23. The van der Waals surface area contributed by atoms with Crippen LogP contribution in [0.3, 0.4) is 0 Å². The van der Waals surface area contributed by atoms with Crippen molar-refractivity contribution in [2.24, 2.45) is 0 Å². The molecule has 5 heteroatoms. The normalized spacial score (nSPS) is 10.0. The number of halogens is 2. The second kappa shape index (κ2) is 10.9. The zero-order chi connectivity index (χ0) is 15.6. The van der Waals surface area contributed by atoms with E-state index in [4.69, 9.17) is 9.47 Å². The highest BCUT2D eigenvalue weighted by Gasteiger charge is 1.97. The summed E-state index contributed by atoms with van der Waals surface area (Å²) in [6.45, 7) is 4.94. The Labute approximate surface area is 143 Å². The molecule has 0 amide bonds. The van der Waals surface area contributed by atoms with Crippen molar-refractivity contribution in [3.8, 4) is 11.5 Å². The van der Waals surface area contributed by atoms with Crippen molar-refractivity contribution >= 4 is 12.4 Å². The van der Waals surface area contributed by atoms with Gasteiger partial charge in [-0.2, -0.15) is 0 Å². The van der Waals surface area contributed by atoms with Crippen molar-refractivity contribution in [3.63, 3.8) is 0 Å². The average molecular weight is 340 g/mol. The van der Waals surface area contributed by atoms with Crippen LogP contribution in [0.2, 0.25) is 0 Å². The number of para-hydroxylation sites is 1. The van der Waals surface area contributed by atoms with Gasteiger partial charge in [-0.25, -0.2) is 4.39 Å². The van der Waals surface area contributed by atoms with E-state index in [1.165, 1.54) is 12.1 Å². The molecule has 0 aromatic heterocycles. The summed E-state index contributed by atoms with van der Waals surface area (Å²) < 4.78 is 23.9. The number of rotatable bonds is 9. The van der Waals surface area contributed by atoms with Gasteiger partial charge in [0.15, 0.2) is 0 Å². The lowest BCUT2D eigenvalue weighted by atomic mass is 10.2. The molecule has 0 atom stereocenters. The summed E-state index contributed by atoms with van der Waals surface area (Å²) in [4.78, 5) is 0. The van der Waals surface area contributed by atoms with Crippen LogP contribution in [0.15, 0.2) is 48.5 Å². The summed E-state index contributed by atoms with van der Waals surface area (Å²) in [6, 6.07) is 14.1. The van der Waals surface area contributed by atoms with Gasteiger partial charge in [0.1, 0.15) is 23.9 Å². The molecule has 2 aromatic carbocycles. The van der Waals surface area contributed by atoms with Gasteiger partial charge in [0, 0.05) is 6.54 Å². The molecule has 0 spiro atoms. The van der Waals surface area contributed by atoms with Crippen LogP contribution < -0.4 is 14.8 Å². The number of aryl methyl sites for hydroxylation is 1. The molecule has 0 bridgehead atoms. The van der Waals surface area contributed by atoms with Crippen molar-refractivity contribution < 1.29 is 13.9 Å². The van der Waals surface area contributed by atoms with Gasteiger partial charge in [0.2, 0.25) is 0 Å². The topological polar surface area (TPSA) is 30.5 Å². The highest BCUT2D eigenvalue weighted by atomic mass is 35.5. The van der Waals surface area contributed by atoms with E-state index in [1.807, 2.05) is 31.2 Å². The van der Waals surface area contributed by atoms with Crippen LogP contribution in [-0.4, -0.2) is 26.3 Å². The molecule has 0 saturated carbocycles. The van der Waals surface area contributed by atoms with Gasteiger partial charge in [-0.15, -0.1) is 12.4 Å². The van der Waals surface area contributed by atoms with Crippen molar-refractivity contribution in [2.75, 3.05) is 26.3 Å². The van der Waals surface area contributed by atoms with E-state index >= 15 is 0 Å². The Hall–Kier alpha value is -1.78. The van der Waals surface area contributed by atoms with Gasteiger partial charge in [0.25, 0.3) is 0 Å². The molecule has 0 aliphatic carbocycles. The third-order valence-corrected chi connectivity index (χ3v) is 3.21. The summed E-state index contributed by atoms with van der Waals surface area (Å²) in [5.41, 5.74) is 1.15. The van der Waals surface area contributed by atoms with E-state index in [1.54, 1.807) is 12.1 Å². The molecule has 0 radical (unpaired) electrons. The smallest absolute Gasteiger partial charge is 0.123 e. The molecule has 0 unspecified atom stereocenters. The van der Waals surface area contributed by atoms with Gasteiger partial charge in [-0.3, -0.25) is 0 Å². The first kappa shape index (κ1) is 19.3. The minimum Gasteiger partial charge on any atom is -0.494 e. The number of nitrogens with one attached hydrogen (secondary N) is 1. The molecule has 0 aliphatic rings. The van der Waals surface area contributed by atoms with Crippen LogP contribution >= 0.6 is 12.4 Å². The fraction of sp³-hybridized carbons (Fsp3) is 0.333. The van der Waals surface area contributed by atoms with Crippen LogP contribution in [0.1, 0.15) is 12.0 Å². The number of benzene rings is 2. The highest BCUT2D eigenvalue weighted by Crippen LogP contribution is 2.15. The third kappa shape index (κ3) is 7.35. The maximum absolute atomic E-state index is 12.7. The van der Waals surface area contributed by atoms with Gasteiger partial charge in [-0.05, 0) is 55.8 Å². The first-order valence-corrected chi connectivity index (χ1v) is 7.53. The van der Waals surface area contributed by atoms with Crippen LogP contribution in [0.5, 0.6) is 11.5 Å². The van der Waals surface area contributed by atoms with Crippen LogP contribution in [0.25, 0.3) is 0 Å². The second-order valence-electron chi connectivity index (χ2n) is 5.02. The molecule has 2 aromatic rings. The van der Waals surface area contributed by atoms with Crippen LogP contribution in [-0.2, 0) is 0 Å². The van der Waals surface area contributed by atoms with Gasteiger partial charge in [0.05, 0.1) is 6.61 Å². The summed E-state index contributed by atoms with van der Waals surface area (Å²) in [6.07, 6.45) is 0.891. The number of ether oxygens (including phenoxy) is 2. The highest BCUT2D eigenvalue weighted by molar-refractivity contribution is 5.85. The van der Waals surface area contributed by atoms with E-state index in [0.717, 1.165) is 30.8 Å². The van der Waals surface area contributed by atoms with E-state index in [9.17, 15) is 4.39 Å². The Morgan fingerprint density at radius 1 is 0.913 bits per heavy atom. The summed E-state index contributed by atoms with van der Waals surface area (Å²) in [5, 5.41) is 3.31. The average Bonchev–Trinajstić information content (AvgIpc) is 2.53. The Balaban J connectivity index is 0.00000264. The largest absolute Gasteiger partial charge is 0.494 e. The zero-order valence-electron chi connectivity index (χ0n) is 13.3. The van der Waals surface area contributed by atoms with Gasteiger partial charge < -0.3 is 14.8 Å². The predicted molar refractivity (Wildman–Crippen MR) is 93.3 cm³/mol. The molecule has 1 N–H and O–H groups in total. The molecule has 0 fully saturated rings. The zero-order valence-corrected chi connectivity index (χ0v) is 14.1. The molecule has 23 heavy (non-hydrogen) atoms. The molecule has 3 nitrogen and oxygen atoms in total. The number of hydrogen-bond acceptors (Lipinski definition) is 3. The van der Waals surface area contributed by atoms with E-state index in [-0.39, 0.29) is 18.2 Å². The quantitative estimate of drug-likeness (QED) is 0.701. The molecule has 0 heterocycles. The fourth-order valence-electron chi connectivity index (χ4n) is 1.99. The Morgan fingerprint density at radius 3 is 2.39 bits per heavy atom. The predicted octanol–water partition coefficient (Wildman–Crippen LogP) is 3.99. The standard InChI is InChI=1S/C18H22FNO2.ClH/c1-15-5-2-3-6-18(15)22-14-12-20-11-4-13-21-17-9-7-16(19)8-10-17;/h2-3,5-10,20H,4,11-14H2,1H3;1H. The molecule has 126 valence electrons. The molecular formula is C18H23ClFNO2.